The third-order valence-corrected chi connectivity index (χ3v) is 5.05. The fourth-order valence-electron chi connectivity index (χ4n) is 3.13. The van der Waals surface area contributed by atoms with Gasteiger partial charge in [0.1, 0.15) is 0 Å². The Morgan fingerprint density at radius 1 is 1.18 bits per heavy atom. The maximum atomic E-state index is 12.0. The summed E-state index contributed by atoms with van der Waals surface area (Å²) in [6, 6.07) is 8.05. The van der Waals surface area contributed by atoms with Gasteiger partial charge >= 0.3 is 0 Å². The molecular weight excluding hydrogens is 399 g/mol. The van der Waals surface area contributed by atoms with Crippen LogP contribution in [0.3, 0.4) is 0 Å². The summed E-state index contributed by atoms with van der Waals surface area (Å²) < 4.78 is 0. The highest BCUT2D eigenvalue weighted by Crippen LogP contribution is 2.16. The Morgan fingerprint density at radius 2 is 1.79 bits per heavy atom. The van der Waals surface area contributed by atoms with Gasteiger partial charge in [0, 0.05) is 25.7 Å². The van der Waals surface area contributed by atoms with E-state index in [1.54, 1.807) is 0 Å². The first kappa shape index (κ1) is 26.7. The van der Waals surface area contributed by atoms with Crippen LogP contribution >= 0.6 is 24.8 Å². The maximum absolute atomic E-state index is 12.0. The van der Waals surface area contributed by atoms with Crippen molar-refractivity contribution in [1.29, 1.82) is 0 Å². The van der Waals surface area contributed by atoms with E-state index < -0.39 is 6.04 Å². The van der Waals surface area contributed by atoms with Gasteiger partial charge in [0.2, 0.25) is 11.8 Å². The molecule has 1 aliphatic rings. The van der Waals surface area contributed by atoms with Crippen LogP contribution < -0.4 is 16.4 Å². The predicted molar refractivity (Wildman–Crippen MR) is 118 cm³/mol. The zero-order valence-corrected chi connectivity index (χ0v) is 18.6. The Kier molecular flexibility index (Phi) is 12.4. The topological polar surface area (TPSA) is 87.5 Å². The number of likely N-dealkylation sites (tertiary alicyclic amines) is 1. The number of hydrogen-bond acceptors (Lipinski definition) is 4. The molecule has 1 heterocycles. The van der Waals surface area contributed by atoms with Gasteiger partial charge in [-0.05, 0) is 36.8 Å². The van der Waals surface area contributed by atoms with Gasteiger partial charge in [0.05, 0.1) is 12.6 Å². The van der Waals surface area contributed by atoms with Crippen LogP contribution in [-0.4, -0.2) is 48.4 Å². The number of benzene rings is 1. The van der Waals surface area contributed by atoms with Gasteiger partial charge < -0.3 is 16.4 Å². The molecular formula is C20H34Cl2N4O2. The number of hydrogen-bond donors (Lipinski definition) is 3. The first-order valence-electron chi connectivity index (χ1n) is 9.46. The fourth-order valence-corrected chi connectivity index (χ4v) is 3.13. The number of aryl methyl sites for hydroxylation is 1. The quantitative estimate of drug-likeness (QED) is 0.614. The minimum absolute atomic E-state index is 0. The zero-order valence-electron chi connectivity index (χ0n) is 16.9. The smallest absolute Gasteiger partial charge is 0.239 e. The highest BCUT2D eigenvalue weighted by molar-refractivity contribution is 5.87. The molecule has 8 heteroatoms. The van der Waals surface area contributed by atoms with Crippen molar-refractivity contribution >= 4 is 36.6 Å². The second-order valence-electron chi connectivity index (χ2n) is 7.53. The minimum atomic E-state index is -0.576. The van der Waals surface area contributed by atoms with Crippen molar-refractivity contribution < 1.29 is 9.59 Å². The summed E-state index contributed by atoms with van der Waals surface area (Å²) in [5, 5.41) is 5.63. The molecule has 0 radical (unpaired) electrons. The molecule has 2 rings (SSSR count). The molecule has 1 aromatic carbocycles. The number of carbonyl (C=O) groups excluding carboxylic acids is 2. The number of nitrogens with zero attached hydrogens (tertiary/aromatic N) is 1. The summed E-state index contributed by atoms with van der Waals surface area (Å²) in [6.07, 6.45) is 1.86. The average Bonchev–Trinajstić information content (AvgIpc) is 2.62. The van der Waals surface area contributed by atoms with Gasteiger partial charge in [0.25, 0.3) is 0 Å². The van der Waals surface area contributed by atoms with Crippen molar-refractivity contribution in [2.24, 2.45) is 11.7 Å². The van der Waals surface area contributed by atoms with Crippen LogP contribution in [0.1, 0.15) is 37.8 Å². The summed E-state index contributed by atoms with van der Waals surface area (Å²) in [7, 11) is 0. The van der Waals surface area contributed by atoms with Crippen LogP contribution in [0, 0.1) is 12.8 Å². The van der Waals surface area contributed by atoms with Crippen LogP contribution in [-0.2, 0) is 16.1 Å². The molecule has 28 heavy (non-hydrogen) atoms. The van der Waals surface area contributed by atoms with E-state index in [1.165, 1.54) is 11.1 Å². The summed E-state index contributed by atoms with van der Waals surface area (Å²) >= 11 is 0. The summed E-state index contributed by atoms with van der Waals surface area (Å²) in [6.45, 7) is 8.78. The van der Waals surface area contributed by atoms with Crippen LogP contribution in [0.4, 0.5) is 0 Å². The fraction of sp³-hybridized carbons (Fsp3) is 0.600. The number of nitrogens with two attached hydrogens (primary N) is 1. The minimum Gasteiger partial charge on any atom is -0.352 e. The largest absolute Gasteiger partial charge is 0.352 e. The highest BCUT2D eigenvalue weighted by atomic mass is 35.5. The lowest BCUT2D eigenvalue weighted by Gasteiger charge is -2.32. The molecule has 0 spiro atoms. The molecule has 1 aliphatic heterocycles. The molecule has 1 fully saturated rings. The second kappa shape index (κ2) is 13.0. The third-order valence-electron chi connectivity index (χ3n) is 5.05. The monoisotopic (exact) mass is 432 g/mol. The number of halogens is 2. The van der Waals surface area contributed by atoms with Crippen LogP contribution in [0.25, 0.3) is 0 Å². The van der Waals surface area contributed by atoms with Crippen molar-refractivity contribution in [1.82, 2.24) is 15.5 Å². The van der Waals surface area contributed by atoms with Crippen molar-refractivity contribution in [2.75, 3.05) is 19.6 Å². The van der Waals surface area contributed by atoms with Crippen LogP contribution in [0.5, 0.6) is 0 Å². The molecule has 4 N–H and O–H groups in total. The first-order chi connectivity index (χ1) is 12.4. The number of amides is 2. The molecule has 1 aromatic rings. The van der Waals surface area contributed by atoms with Crippen molar-refractivity contribution in [3.63, 3.8) is 0 Å². The van der Waals surface area contributed by atoms with Gasteiger partial charge in [-0.25, -0.2) is 0 Å². The Balaban J connectivity index is 0.00000364. The van der Waals surface area contributed by atoms with Crippen molar-refractivity contribution in [3.8, 4) is 0 Å². The predicted octanol–water partition coefficient (Wildman–Crippen LogP) is 2.02. The standard InChI is InChI=1S/C20H32N4O2.2ClH/c1-14(2)19(21)20(26)22-12-18(25)23-17-8-10-24(11-9-17)13-16-7-5-4-6-15(16)3;;/h4-7,14,17,19H,8-13,21H2,1-3H3,(H,22,26)(H,23,25);2*1H/t19-;;/m0../s1. The van der Waals surface area contributed by atoms with E-state index in [0.717, 1.165) is 32.5 Å². The molecule has 2 amide bonds. The number of piperidine rings is 1. The van der Waals surface area contributed by atoms with E-state index in [2.05, 4.69) is 46.7 Å². The normalized spacial score (nSPS) is 15.9. The molecule has 0 aromatic heterocycles. The Hall–Kier alpha value is -1.34. The maximum Gasteiger partial charge on any atom is 0.239 e. The average molecular weight is 433 g/mol. The van der Waals surface area contributed by atoms with E-state index in [1.807, 2.05) is 13.8 Å². The molecule has 1 atom stereocenters. The summed E-state index contributed by atoms with van der Waals surface area (Å²) in [5.41, 5.74) is 8.45. The molecule has 6 nitrogen and oxygen atoms in total. The third kappa shape index (κ3) is 8.35. The van der Waals surface area contributed by atoms with Gasteiger partial charge in [-0.1, -0.05) is 38.1 Å². The lowest BCUT2D eigenvalue weighted by molar-refractivity contribution is -0.127. The van der Waals surface area contributed by atoms with Gasteiger partial charge in [-0.15, -0.1) is 24.8 Å². The molecule has 1 saturated heterocycles. The Bertz CT molecular complexity index is 620. The molecule has 0 saturated carbocycles. The number of rotatable bonds is 7. The first-order valence-corrected chi connectivity index (χ1v) is 9.46. The SMILES string of the molecule is Cc1ccccc1CN1CCC(NC(=O)CNC(=O)[C@@H](N)C(C)C)CC1.Cl.Cl. The Labute approximate surface area is 180 Å². The van der Waals surface area contributed by atoms with Crippen molar-refractivity contribution in [2.45, 2.75) is 52.2 Å². The highest BCUT2D eigenvalue weighted by Gasteiger charge is 2.22. The van der Waals surface area contributed by atoms with Gasteiger partial charge in [-0.3, -0.25) is 14.5 Å². The van der Waals surface area contributed by atoms with E-state index in [4.69, 9.17) is 5.73 Å². The van der Waals surface area contributed by atoms with Crippen LogP contribution in [0.2, 0.25) is 0 Å². The van der Waals surface area contributed by atoms with E-state index in [9.17, 15) is 9.59 Å². The zero-order chi connectivity index (χ0) is 19.1. The van der Waals surface area contributed by atoms with E-state index in [-0.39, 0.29) is 55.1 Å². The van der Waals surface area contributed by atoms with E-state index in [0.29, 0.717) is 0 Å². The lowest BCUT2D eigenvalue weighted by atomic mass is 10.0. The second-order valence-corrected chi connectivity index (χ2v) is 7.53. The molecule has 0 bridgehead atoms. The number of carbonyl (C=O) groups is 2. The lowest BCUT2D eigenvalue weighted by Crippen LogP contribution is -2.50. The van der Waals surface area contributed by atoms with Crippen LogP contribution in [0.15, 0.2) is 24.3 Å². The van der Waals surface area contributed by atoms with E-state index >= 15 is 0 Å². The molecule has 160 valence electrons. The van der Waals surface area contributed by atoms with Gasteiger partial charge in [-0.2, -0.15) is 0 Å². The molecule has 0 aliphatic carbocycles. The summed E-state index contributed by atoms with van der Waals surface area (Å²) in [5.74, 6) is -0.370. The molecule has 0 unspecified atom stereocenters. The number of nitrogens with one attached hydrogen (secondary N) is 2. The van der Waals surface area contributed by atoms with Crippen molar-refractivity contribution in [3.05, 3.63) is 35.4 Å². The van der Waals surface area contributed by atoms with Gasteiger partial charge in [0.15, 0.2) is 0 Å². The Morgan fingerprint density at radius 3 is 2.36 bits per heavy atom. The summed E-state index contributed by atoms with van der Waals surface area (Å²) in [4.78, 5) is 26.3.